The standard InChI is InChI=1S/C20H28O10/c1-2-3-10-4-6-11(7-5-10)29-20-18(26)16(24)15(23)13(30-20)9-28-19-17(25)14(22)12(21)8-27-19/h2-7,12-26H,8-9H2,1H3/t12-,13+,14+,15+,16-,17-,18+,19+,20+/m0/s1. The van der Waals surface area contributed by atoms with Crippen molar-refractivity contribution in [3.8, 4) is 5.75 Å². The zero-order valence-electron chi connectivity index (χ0n) is 16.4. The first kappa shape index (κ1) is 23.1. The topological polar surface area (TPSA) is 158 Å². The maximum absolute atomic E-state index is 10.2. The summed E-state index contributed by atoms with van der Waals surface area (Å²) < 4.78 is 21.7. The van der Waals surface area contributed by atoms with Crippen LogP contribution < -0.4 is 4.74 Å². The fourth-order valence-electron chi connectivity index (χ4n) is 3.25. The lowest BCUT2D eigenvalue weighted by molar-refractivity contribution is -0.307. The summed E-state index contributed by atoms with van der Waals surface area (Å²) >= 11 is 0. The van der Waals surface area contributed by atoms with Gasteiger partial charge >= 0.3 is 0 Å². The van der Waals surface area contributed by atoms with E-state index in [0.29, 0.717) is 5.75 Å². The molecule has 168 valence electrons. The molecule has 0 spiro atoms. The number of rotatable bonds is 6. The van der Waals surface area contributed by atoms with Crippen molar-refractivity contribution in [2.75, 3.05) is 13.2 Å². The van der Waals surface area contributed by atoms with Crippen molar-refractivity contribution in [3.63, 3.8) is 0 Å². The Morgan fingerprint density at radius 2 is 1.57 bits per heavy atom. The monoisotopic (exact) mass is 428 g/mol. The molecule has 1 aromatic rings. The molecule has 10 nitrogen and oxygen atoms in total. The van der Waals surface area contributed by atoms with Crippen LogP contribution in [0.25, 0.3) is 6.08 Å². The first-order valence-corrected chi connectivity index (χ1v) is 9.68. The van der Waals surface area contributed by atoms with Crippen LogP contribution in [0.4, 0.5) is 0 Å². The summed E-state index contributed by atoms with van der Waals surface area (Å²) in [7, 11) is 0. The number of aliphatic hydroxyl groups excluding tert-OH is 6. The first-order chi connectivity index (χ1) is 14.3. The van der Waals surface area contributed by atoms with E-state index in [4.69, 9.17) is 18.9 Å². The maximum Gasteiger partial charge on any atom is 0.229 e. The van der Waals surface area contributed by atoms with Gasteiger partial charge in [0.1, 0.15) is 48.5 Å². The van der Waals surface area contributed by atoms with Crippen LogP contribution in [0.1, 0.15) is 12.5 Å². The van der Waals surface area contributed by atoms with Crippen molar-refractivity contribution in [2.45, 2.75) is 62.2 Å². The summed E-state index contributed by atoms with van der Waals surface area (Å²) in [5.74, 6) is 0.388. The second-order valence-electron chi connectivity index (χ2n) is 7.29. The highest BCUT2D eigenvalue weighted by molar-refractivity contribution is 5.50. The Balaban J connectivity index is 1.61. The number of benzene rings is 1. The van der Waals surface area contributed by atoms with E-state index in [0.717, 1.165) is 5.56 Å². The third kappa shape index (κ3) is 5.17. The summed E-state index contributed by atoms with van der Waals surface area (Å²) in [6.07, 6.45) is -8.64. The van der Waals surface area contributed by atoms with Gasteiger partial charge in [-0.3, -0.25) is 0 Å². The lowest BCUT2D eigenvalue weighted by atomic mass is 9.99. The summed E-state index contributed by atoms with van der Waals surface area (Å²) in [5.41, 5.74) is 0.954. The van der Waals surface area contributed by atoms with Gasteiger partial charge < -0.3 is 49.6 Å². The average molecular weight is 428 g/mol. The number of allylic oxidation sites excluding steroid dienone is 1. The molecule has 0 radical (unpaired) electrons. The molecule has 0 unspecified atom stereocenters. The van der Waals surface area contributed by atoms with Crippen molar-refractivity contribution >= 4 is 6.08 Å². The molecule has 0 saturated carbocycles. The summed E-state index contributed by atoms with van der Waals surface area (Å²) in [6.45, 7) is 1.31. The van der Waals surface area contributed by atoms with Crippen molar-refractivity contribution in [1.29, 1.82) is 0 Å². The number of aliphatic hydroxyl groups is 6. The fraction of sp³-hybridized carbons (Fsp3) is 0.600. The van der Waals surface area contributed by atoms with E-state index < -0.39 is 55.3 Å². The van der Waals surface area contributed by atoms with Gasteiger partial charge in [0.15, 0.2) is 6.29 Å². The van der Waals surface area contributed by atoms with E-state index in [9.17, 15) is 30.6 Å². The molecule has 1 aromatic carbocycles. The predicted octanol–water partition coefficient (Wildman–Crippen LogP) is -1.64. The number of hydrogen-bond acceptors (Lipinski definition) is 10. The van der Waals surface area contributed by atoms with Crippen LogP contribution >= 0.6 is 0 Å². The lowest BCUT2D eigenvalue weighted by Crippen LogP contribution is -2.61. The third-order valence-electron chi connectivity index (χ3n) is 5.04. The minimum atomic E-state index is -1.57. The first-order valence-electron chi connectivity index (χ1n) is 9.68. The van der Waals surface area contributed by atoms with Crippen LogP contribution in [0, 0.1) is 0 Å². The minimum absolute atomic E-state index is 0.243. The van der Waals surface area contributed by atoms with Crippen molar-refractivity contribution in [3.05, 3.63) is 35.9 Å². The van der Waals surface area contributed by atoms with Gasteiger partial charge in [-0.2, -0.15) is 0 Å². The van der Waals surface area contributed by atoms with Crippen LogP contribution in [0.5, 0.6) is 5.75 Å². The van der Waals surface area contributed by atoms with E-state index >= 15 is 0 Å². The Morgan fingerprint density at radius 1 is 0.900 bits per heavy atom. The highest BCUT2D eigenvalue weighted by atomic mass is 16.7. The second kappa shape index (κ2) is 10.1. The molecule has 0 aliphatic carbocycles. The molecule has 2 heterocycles. The summed E-state index contributed by atoms with van der Waals surface area (Å²) in [5, 5.41) is 59.7. The van der Waals surface area contributed by atoms with Crippen LogP contribution in [0.15, 0.2) is 30.3 Å². The molecule has 6 N–H and O–H groups in total. The SMILES string of the molecule is CC=Cc1ccc(O[C@@H]2O[C@H](CO[C@H]3OC[C@H](O)[C@@H](O)[C@@H]3O)[C@@H](O)[C@H](O)[C@H]2O)cc1. The molecular formula is C20H28O10. The van der Waals surface area contributed by atoms with Crippen molar-refractivity contribution in [2.24, 2.45) is 0 Å². The molecule has 2 saturated heterocycles. The van der Waals surface area contributed by atoms with Gasteiger partial charge in [0.25, 0.3) is 0 Å². The zero-order chi connectivity index (χ0) is 21.8. The van der Waals surface area contributed by atoms with Gasteiger partial charge in [-0.15, -0.1) is 0 Å². The van der Waals surface area contributed by atoms with E-state index in [2.05, 4.69) is 0 Å². The lowest BCUT2D eigenvalue weighted by Gasteiger charge is -2.41. The molecule has 0 amide bonds. The van der Waals surface area contributed by atoms with Gasteiger partial charge in [0, 0.05) is 0 Å². The van der Waals surface area contributed by atoms with Crippen LogP contribution in [-0.2, 0) is 14.2 Å². The largest absolute Gasteiger partial charge is 0.462 e. The maximum atomic E-state index is 10.2. The third-order valence-corrected chi connectivity index (χ3v) is 5.04. The summed E-state index contributed by atoms with van der Waals surface area (Å²) in [6, 6.07) is 6.95. The van der Waals surface area contributed by atoms with Crippen LogP contribution in [0.3, 0.4) is 0 Å². The molecule has 3 rings (SSSR count). The second-order valence-corrected chi connectivity index (χ2v) is 7.29. The van der Waals surface area contributed by atoms with E-state index in [1.165, 1.54) is 0 Å². The van der Waals surface area contributed by atoms with Crippen molar-refractivity contribution < 1.29 is 49.6 Å². The smallest absolute Gasteiger partial charge is 0.229 e. The highest BCUT2D eigenvalue weighted by Crippen LogP contribution is 2.26. The number of hydrogen-bond donors (Lipinski definition) is 6. The number of ether oxygens (including phenoxy) is 4. The zero-order valence-corrected chi connectivity index (χ0v) is 16.4. The molecule has 30 heavy (non-hydrogen) atoms. The Hall–Kier alpha value is -1.60. The molecule has 0 aromatic heterocycles. The molecule has 2 fully saturated rings. The van der Waals surface area contributed by atoms with E-state index in [1.54, 1.807) is 24.3 Å². The van der Waals surface area contributed by atoms with E-state index in [-0.39, 0.29) is 13.2 Å². The van der Waals surface area contributed by atoms with Gasteiger partial charge in [-0.05, 0) is 24.6 Å². The normalized spacial score (nSPS) is 39.9. The highest BCUT2D eigenvalue weighted by Gasteiger charge is 2.46. The molecule has 10 heteroatoms. The minimum Gasteiger partial charge on any atom is -0.462 e. The Labute approximate surface area is 173 Å². The average Bonchev–Trinajstić information content (AvgIpc) is 2.74. The Morgan fingerprint density at radius 3 is 2.23 bits per heavy atom. The summed E-state index contributed by atoms with van der Waals surface area (Å²) in [4.78, 5) is 0. The van der Waals surface area contributed by atoms with Crippen LogP contribution in [0.2, 0.25) is 0 Å². The van der Waals surface area contributed by atoms with Gasteiger partial charge in [-0.1, -0.05) is 24.3 Å². The van der Waals surface area contributed by atoms with Gasteiger partial charge in [-0.25, -0.2) is 0 Å². The fourth-order valence-corrected chi connectivity index (χ4v) is 3.25. The molecule has 2 aliphatic heterocycles. The Kier molecular flexibility index (Phi) is 7.80. The Bertz CT molecular complexity index is 695. The molecular weight excluding hydrogens is 400 g/mol. The molecule has 2 aliphatic rings. The van der Waals surface area contributed by atoms with Gasteiger partial charge in [0.2, 0.25) is 6.29 Å². The van der Waals surface area contributed by atoms with Gasteiger partial charge in [0.05, 0.1) is 13.2 Å². The van der Waals surface area contributed by atoms with E-state index in [1.807, 2.05) is 19.1 Å². The molecule has 0 bridgehead atoms. The quantitative estimate of drug-likeness (QED) is 0.310. The predicted molar refractivity (Wildman–Crippen MR) is 102 cm³/mol. The van der Waals surface area contributed by atoms with Crippen LogP contribution in [-0.4, -0.2) is 99.2 Å². The molecule has 9 atom stereocenters. The van der Waals surface area contributed by atoms with Crippen molar-refractivity contribution in [1.82, 2.24) is 0 Å².